The summed E-state index contributed by atoms with van der Waals surface area (Å²) in [4.78, 5) is 21.4. The predicted octanol–water partition coefficient (Wildman–Crippen LogP) is -13.5. The van der Waals surface area contributed by atoms with Gasteiger partial charge in [0.2, 0.25) is 0 Å². The molecule has 0 aliphatic carbocycles. The van der Waals surface area contributed by atoms with E-state index in [9.17, 15) is 61.5 Å². The minimum Gasteiger partial charge on any atom is -0.744 e. The van der Waals surface area contributed by atoms with Crippen LogP contribution in [-0.2, 0) is 50.1 Å². The second-order valence-corrected chi connectivity index (χ2v) is 15.2. The number of anilines is 2. The van der Waals surface area contributed by atoms with E-state index >= 15 is 0 Å². The number of carbonyl (C=O) groups excluding carboxylic acids is 2. The van der Waals surface area contributed by atoms with E-state index in [0.29, 0.717) is 46.4 Å². The van der Waals surface area contributed by atoms with Gasteiger partial charge in [-0.05, 0) is 42.5 Å². The average molecular weight is 847 g/mol. The first-order valence-corrected chi connectivity index (χ1v) is 18.3. The van der Waals surface area contributed by atoms with Gasteiger partial charge in [-0.15, -0.1) is 5.10 Å². The van der Waals surface area contributed by atoms with Gasteiger partial charge in [0, 0.05) is 0 Å². The molecule has 2 heterocycles. The van der Waals surface area contributed by atoms with E-state index in [1.807, 2.05) is 0 Å². The van der Waals surface area contributed by atoms with Gasteiger partial charge < -0.3 is 29.7 Å². The van der Waals surface area contributed by atoms with Crippen molar-refractivity contribution < 1.29 is 180 Å². The van der Waals surface area contributed by atoms with Crippen LogP contribution in [0.3, 0.4) is 0 Å². The van der Waals surface area contributed by atoms with Crippen molar-refractivity contribution >= 4 is 75.3 Å². The van der Waals surface area contributed by atoms with Gasteiger partial charge in [0.1, 0.15) is 52.2 Å². The number of carbonyl (C=O) groups is 2. The first-order valence-electron chi connectivity index (χ1n) is 12.7. The Balaban J connectivity index is 0.00000676. The zero-order chi connectivity index (χ0) is 36.7. The molecule has 1 unspecified atom stereocenters. The van der Waals surface area contributed by atoms with Crippen molar-refractivity contribution in [1.29, 1.82) is 0 Å². The number of hydrogen-bond acceptors (Lipinski definition) is 18. The van der Waals surface area contributed by atoms with Crippen molar-refractivity contribution in [2.45, 2.75) is 19.6 Å². The number of amides is 2. The number of nitrogens with zero attached hydrogens (tertiary/aromatic N) is 4. The predicted molar refractivity (Wildman–Crippen MR) is 162 cm³/mol. The molecule has 1 atom stereocenters. The van der Waals surface area contributed by atoms with Gasteiger partial charge in [-0.2, -0.15) is 15.1 Å². The Labute approximate surface area is 391 Å². The molecule has 0 aromatic heterocycles. The fourth-order valence-electron chi connectivity index (χ4n) is 4.07. The molecule has 0 fully saturated rings. The van der Waals surface area contributed by atoms with E-state index in [1.54, 1.807) is 0 Å². The summed E-state index contributed by atoms with van der Waals surface area (Å²) in [6.45, 7) is 0. The number of nitrogens with two attached hydrogens (primary N) is 2. The van der Waals surface area contributed by atoms with Crippen molar-refractivity contribution in [3.63, 3.8) is 0 Å². The van der Waals surface area contributed by atoms with Crippen LogP contribution in [-0.4, -0.2) is 75.4 Å². The normalized spacial score (nSPS) is 17.4. The summed E-state index contributed by atoms with van der Waals surface area (Å²) >= 11 is 0. The second kappa shape index (κ2) is 19.9. The van der Waals surface area contributed by atoms with Crippen LogP contribution in [0.1, 0.15) is 0 Å². The topological polar surface area (TPSA) is 346 Å². The van der Waals surface area contributed by atoms with Crippen LogP contribution in [0, 0.1) is 5.92 Å². The molecule has 2 aromatic rings. The molecular formula is C25H18N6Na4O14S4. The van der Waals surface area contributed by atoms with Crippen molar-refractivity contribution in [1.82, 2.24) is 0 Å². The largest absolute Gasteiger partial charge is 1.00 e. The monoisotopic (exact) mass is 846 g/mol. The summed E-state index contributed by atoms with van der Waals surface area (Å²) in [5.41, 5.74) is 10.2. The zero-order valence-electron chi connectivity index (χ0n) is 27.9. The van der Waals surface area contributed by atoms with Crippen LogP contribution in [0.4, 0.5) is 11.4 Å². The summed E-state index contributed by atoms with van der Waals surface area (Å²) in [7, 11) is -21.0. The molecule has 2 aromatic carbocycles. The second-order valence-electron chi connectivity index (χ2n) is 9.63. The maximum absolute atomic E-state index is 12.9. The Kier molecular flexibility index (Phi) is 19.5. The third kappa shape index (κ3) is 13.0. The Bertz CT molecular complexity index is 2330. The first-order chi connectivity index (χ1) is 22.5. The van der Waals surface area contributed by atoms with Crippen molar-refractivity contribution in [2.75, 3.05) is 10.0 Å². The van der Waals surface area contributed by atoms with E-state index < -0.39 is 95.0 Å². The number of benzene rings is 2. The van der Waals surface area contributed by atoms with Crippen molar-refractivity contribution in [3.8, 4) is 0 Å². The van der Waals surface area contributed by atoms with Gasteiger partial charge in [0.15, 0.2) is 5.84 Å². The molecule has 0 saturated heterocycles. The molecule has 4 rings (SSSR count). The first kappa shape index (κ1) is 51.9. The fourth-order valence-corrected chi connectivity index (χ4v) is 6.36. The molecule has 20 nitrogen and oxygen atoms in total. The smallest absolute Gasteiger partial charge is 0.744 e. The Morgan fingerprint density at radius 2 is 0.943 bits per heavy atom. The number of amidine groups is 2. The third-order valence-corrected chi connectivity index (χ3v) is 9.55. The molecule has 53 heavy (non-hydrogen) atoms. The number of hydrazone groups is 2. The van der Waals surface area contributed by atoms with Gasteiger partial charge in [-0.25, -0.2) is 33.7 Å². The van der Waals surface area contributed by atoms with Gasteiger partial charge in [0.05, 0.1) is 36.5 Å². The Hall–Kier alpha value is -1.08. The molecule has 0 saturated carbocycles. The molecule has 0 bridgehead atoms. The molecule has 0 radical (unpaired) electrons. The van der Waals surface area contributed by atoms with E-state index in [1.165, 1.54) is 42.5 Å². The van der Waals surface area contributed by atoms with Crippen LogP contribution < -0.4 is 140 Å². The summed E-state index contributed by atoms with van der Waals surface area (Å²) in [5, 5.41) is 8.48. The van der Waals surface area contributed by atoms with Crippen molar-refractivity contribution in [3.05, 3.63) is 84.5 Å². The molecule has 28 heteroatoms. The quantitative estimate of drug-likeness (QED) is 0.0970. The molecular weight excluding hydrogens is 829 g/mol. The fraction of sp³-hybridized carbons (Fsp3) is 0.0400. The third-order valence-electron chi connectivity index (χ3n) is 6.30. The maximum Gasteiger partial charge on any atom is 1.00 e. The molecule has 0 spiro atoms. The van der Waals surface area contributed by atoms with Gasteiger partial charge in [0.25, 0.3) is 11.8 Å². The van der Waals surface area contributed by atoms with Gasteiger partial charge in [-0.3, -0.25) is 9.59 Å². The molecule has 2 aliphatic rings. The summed E-state index contributed by atoms with van der Waals surface area (Å²) < 4.78 is 138. The Morgan fingerprint density at radius 1 is 0.566 bits per heavy atom. The van der Waals surface area contributed by atoms with Crippen LogP contribution in [0.15, 0.2) is 114 Å². The number of rotatable bonds is 10. The maximum atomic E-state index is 12.9. The van der Waals surface area contributed by atoms with Crippen LogP contribution in [0.25, 0.3) is 0 Å². The van der Waals surface area contributed by atoms with Crippen LogP contribution >= 0.6 is 0 Å². The van der Waals surface area contributed by atoms with E-state index in [2.05, 4.69) is 10.2 Å². The Morgan fingerprint density at radius 3 is 1.36 bits per heavy atom. The average Bonchev–Trinajstić information content (AvgIpc) is 3.43. The number of allylic oxidation sites excluding steroid dienone is 6. The minimum atomic E-state index is -5.25. The van der Waals surface area contributed by atoms with Gasteiger partial charge >= 0.3 is 118 Å². The van der Waals surface area contributed by atoms with Crippen molar-refractivity contribution in [2.24, 2.45) is 27.6 Å². The van der Waals surface area contributed by atoms with Crippen LogP contribution in [0.5, 0.6) is 0 Å². The van der Waals surface area contributed by atoms with E-state index in [0.717, 1.165) is 0 Å². The molecule has 2 amide bonds. The molecule has 2 aliphatic heterocycles. The number of hydrogen-bond donors (Lipinski definition) is 2. The van der Waals surface area contributed by atoms with Crippen LogP contribution in [0.2, 0.25) is 0 Å². The molecule has 4 N–H and O–H groups in total. The summed E-state index contributed by atoms with van der Waals surface area (Å²) in [6, 6.07) is 3.24. The SMILES string of the molecule is NC1=NN(c2cc(S(=O)(=O)[O-])cc(S(=O)(=O)[O-])c2)C(=O)\C1=C/C=C/C=C/C=C/C1C(=O)N(c2cc(S(=O)(=O)[O-])cc(S(=O)(=O)[O-])c2)N=C1N.[Na+].[Na+].[Na+].[Na+]. The van der Waals surface area contributed by atoms with E-state index in [4.69, 9.17) is 11.5 Å². The summed E-state index contributed by atoms with van der Waals surface area (Å²) in [6.07, 6.45) is 9.19. The van der Waals surface area contributed by atoms with E-state index in [-0.39, 0.29) is 130 Å². The minimum absolute atomic E-state index is 0. The van der Waals surface area contributed by atoms with Gasteiger partial charge in [-0.1, -0.05) is 36.5 Å². The molecule has 260 valence electrons. The standard InChI is InChI=1S/C25H22N6O14S4.4Na/c26-22-20(24(32)30(28-22)14-8-16(46(34,35)36)12-17(9-14)47(37,38)39)6-4-2-1-3-5-7-21-23(27)29-31(25(21)33)15-10-18(48(40,41)42)13-19(11-15)49(43,44)45;;;;/h1-13,20H,(H2,26,28)(H2,27,29)(H,34,35,36)(H,37,38,39)(H,40,41,42)(H,43,44,45);;;;/q;4*+1/p-4/b2-1+,5-3+,6-4+,21-7-;;;;. The summed E-state index contributed by atoms with van der Waals surface area (Å²) in [5.74, 6) is -3.80. The zero-order valence-corrected chi connectivity index (χ0v) is 39.1.